The van der Waals surface area contributed by atoms with E-state index >= 15 is 0 Å². The number of allylic oxidation sites excluding steroid dienone is 5. The van der Waals surface area contributed by atoms with Crippen LogP contribution in [0.4, 0.5) is 0 Å². The summed E-state index contributed by atoms with van der Waals surface area (Å²) in [6, 6.07) is 8.00. The Balaban J connectivity index is 1.65. The lowest BCUT2D eigenvalue weighted by Crippen LogP contribution is -2.11. The Morgan fingerprint density at radius 1 is 1.19 bits per heavy atom. The molecule has 2 N–H and O–H groups in total. The van der Waals surface area contributed by atoms with E-state index in [1.54, 1.807) is 24.5 Å². The quantitative estimate of drug-likeness (QED) is 0.179. The van der Waals surface area contributed by atoms with Gasteiger partial charge in [-0.1, -0.05) is 30.9 Å². The van der Waals surface area contributed by atoms with Crippen LogP contribution in [0.3, 0.4) is 0 Å². The van der Waals surface area contributed by atoms with E-state index in [0.717, 1.165) is 61.5 Å². The minimum absolute atomic E-state index is 0.721. The maximum atomic E-state index is 5.88. The highest BCUT2D eigenvalue weighted by atomic mass is 32.2. The number of ether oxygens (including phenoxy) is 1. The zero-order valence-corrected chi connectivity index (χ0v) is 19.4. The molecule has 1 aliphatic rings. The molecule has 166 valence electrons. The van der Waals surface area contributed by atoms with E-state index in [0.29, 0.717) is 0 Å². The van der Waals surface area contributed by atoms with Crippen LogP contribution in [-0.4, -0.2) is 34.5 Å². The largest absolute Gasteiger partial charge is 0.494 e. The van der Waals surface area contributed by atoms with E-state index in [4.69, 9.17) is 10.5 Å². The molecule has 0 spiro atoms. The Morgan fingerprint density at radius 2 is 2.00 bits per heavy atom. The average Bonchev–Trinajstić information content (AvgIpc) is 3.26. The van der Waals surface area contributed by atoms with E-state index in [9.17, 15) is 0 Å². The standard InChI is InChI=1S/C25H34N4OS/c1-4-10-24(11-5-2)29-18-17-28(31-29)16-8-7-9-19-30-25-14-12-22(13-15-25)23(20-26)21-27-6-3/h4-5,10-15,17-18,20-21H,1,6-9,16,19,26H2,2-3H3/b11-5-,23-20?,24-10+,27-21?. The van der Waals surface area contributed by atoms with Gasteiger partial charge in [0.05, 0.1) is 24.4 Å². The molecule has 5 nitrogen and oxygen atoms in total. The van der Waals surface area contributed by atoms with Gasteiger partial charge >= 0.3 is 0 Å². The van der Waals surface area contributed by atoms with Crippen LogP contribution in [-0.2, 0) is 0 Å². The zero-order valence-electron chi connectivity index (χ0n) is 18.6. The lowest BCUT2D eigenvalue weighted by Gasteiger charge is -2.19. The predicted molar refractivity (Wildman–Crippen MR) is 135 cm³/mol. The van der Waals surface area contributed by atoms with Gasteiger partial charge < -0.3 is 14.8 Å². The van der Waals surface area contributed by atoms with Crippen molar-refractivity contribution in [1.82, 2.24) is 8.61 Å². The molecular weight excluding hydrogens is 404 g/mol. The summed E-state index contributed by atoms with van der Waals surface area (Å²) in [5.41, 5.74) is 8.77. The highest BCUT2D eigenvalue weighted by Gasteiger charge is 2.15. The summed E-state index contributed by atoms with van der Waals surface area (Å²) in [4.78, 5) is 4.25. The fourth-order valence-electron chi connectivity index (χ4n) is 2.93. The van der Waals surface area contributed by atoms with Crippen LogP contribution in [0, 0.1) is 0 Å². The molecule has 0 unspecified atom stereocenters. The second-order valence-corrected chi connectivity index (χ2v) is 7.88. The van der Waals surface area contributed by atoms with Gasteiger partial charge in [0.2, 0.25) is 0 Å². The number of hydrogen-bond acceptors (Lipinski definition) is 6. The number of aliphatic imine (C=N–C) groups is 1. The lowest BCUT2D eigenvalue weighted by atomic mass is 10.1. The number of hydrogen-bond donors (Lipinski definition) is 1. The van der Waals surface area contributed by atoms with Crippen molar-refractivity contribution >= 4 is 23.9 Å². The number of nitrogens with zero attached hydrogens (tertiary/aromatic N) is 3. The lowest BCUT2D eigenvalue weighted by molar-refractivity contribution is 0.304. The monoisotopic (exact) mass is 438 g/mol. The molecule has 0 aliphatic carbocycles. The first-order valence-electron chi connectivity index (χ1n) is 10.7. The summed E-state index contributed by atoms with van der Waals surface area (Å²) in [6.07, 6.45) is 18.8. The van der Waals surface area contributed by atoms with Crippen LogP contribution < -0.4 is 10.5 Å². The molecule has 0 aromatic heterocycles. The topological polar surface area (TPSA) is 54.1 Å². The summed E-state index contributed by atoms with van der Waals surface area (Å²) in [7, 11) is 0. The summed E-state index contributed by atoms with van der Waals surface area (Å²) in [5, 5.41) is 0. The molecule has 0 fully saturated rings. The van der Waals surface area contributed by atoms with Crippen molar-refractivity contribution in [2.45, 2.75) is 33.1 Å². The fourth-order valence-corrected chi connectivity index (χ4v) is 3.80. The minimum Gasteiger partial charge on any atom is -0.494 e. The summed E-state index contributed by atoms with van der Waals surface area (Å²) >= 11 is 1.70. The second-order valence-electron chi connectivity index (χ2n) is 6.86. The van der Waals surface area contributed by atoms with Gasteiger partial charge in [0, 0.05) is 43.5 Å². The van der Waals surface area contributed by atoms with E-state index in [2.05, 4.69) is 38.7 Å². The smallest absolute Gasteiger partial charge is 0.119 e. The molecule has 6 heteroatoms. The Labute approximate surface area is 191 Å². The third-order valence-corrected chi connectivity index (χ3v) is 5.54. The Hall–Kier alpha value is -2.86. The maximum absolute atomic E-state index is 5.88. The van der Waals surface area contributed by atoms with Crippen LogP contribution in [0.2, 0.25) is 0 Å². The van der Waals surface area contributed by atoms with Crippen LogP contribution >= 0.6 is 12.1 Å². The second kappa shape index (κ2) is 14.2. The zero-order chi connectivity index (χ0) is 22.3. The molecule has 1 aliphatic heterocycles. The van der Waals surface area contributed by atoms with Crippen molar-refractivity contribution in [3.63, 3.8) is 0 Å². The van der Waals surface area contributed by atoms with E-state index < -0.39 is 0 Å². The number of benzene rings is 1. The molecule has 0 saturated heterocycles. The van der Waals surface area contributed by atoms with Crippen molar-refractivity contribution < 1.29 is 4.74 Å². The average molecular weight is 439 g/mol. The summed E-state index contributed by atoms with van der Waals surface area (Å²) in [6.45, 7) is 10.3. The Bertz CT molecular complexity index is 824. The van der Waals surface area contributed by atoms with Crippen LogP contribution in [0.5, 0.6) is 5.75 Å². The van der Waals surface area contributed by atoms with Crippen LogP contribution in [0.15, 0.2) is 84.4 Å². The first-order valence-corrected chi connectivity index (χ1v) is 11.5. The van der Waals surface area contributed by atoms with Gasteiger partial charge in [0.15, 0.2) is 0 Å². The third-order valence-electron chi connectivity index (χ3n) is 4.51. The van der Waals surface area contributed by atoms with Crippen LogP contribution in [0.25, 0.3) is 5.57 Å². The maximum Gasteiger partial charge on any atom is 0.119 e. The normalized spacial score (nSPS) is 14.9. The van der Waals surface area contributed by atoms with E-state index in [1.807, 2.05) is 56.3 Å². The van der Waals surface area contributed by atoms with Gasteiger partial charge in [0.1, 0.15) is 5.75 Å². The van der Waals surface area contributed by atoms with E-state index in [-0.39, 0.29) is 0 Å². The first kappa shape index (κ1) is 24.4. The highest BCUT2D eigenvalue weighted by Crippen LogP contribution is 2.29. The van der Waals surface area contributed by atoms with Crippen molar-refractivity contribution in [2.24, 2.45) is 10.7 Å². The van der Waals surface area contributed by atoms with Gasteiger partial charge in [-0.05, 0) is 63.0 Å². The highest BCUT2D eigenvalue weighted by molar-refractivity contribution is 7.95. The van der Waals surface area contributed by atoms with Crippen molar-refractivity contribution in [3.8, 4) is 5.75 Å². The molecule has 0 amide bonds. The number of unbranched alkanes of at least 4 members (excludes halogenated alkanes) is 2. The number of nitrogens with two attached hydrogens (primary N) is 1. The molecular formula is C25H34N4OS. The molecule has 0 radical (unpaired) electrons. The van der Waals surface area contributed by atoms with Gasteiger partial charge in [-0.3, -0.25) is 9.30 Å². The van der Waals surface area contributed by atoms with Crippen LogP contribution in [0.1, 0.15) is 38.7 Å². The van der Waals surface area contributed by atoms with Gasteiger partial charge in [0.25, 0.3) is 0 Å². The molecule has 1 aromatic carbocycles. The summed E-state index contributed by atoms with van der Waals surface area (Å²) in [5.74, 6) is 0.881. The van der Waals surface area contributed by atoms with E-state index in [1.165, 1.54) is 0 Å². The van der Waals surface area contributed by atoms with Gasteiger partial charge in [-0.15, -0.1) is 0 Å². The van der Waals surface area contributed by atoms with Crippen molar-refractivity contribution in [1.29, 1.82) is 0 Å². The molecule has 0 bridgehead atoms. The van der Waals surface area contributed by atoms with Crippen molar-refractivity contribution in [3.05, 3.63) is 85.0 Å². The molecule has 31 heavy (non-hydrogen) atoms. The third kappa shape index (κ3) is 8.42. The van der Waals surface area contributed by atoms with Crippen molar-refractivity contribution in [2.75, 3.05) is 19.7 Å². The Morgan fingerprint density at radius 3 is 2.68 bits per heavy atom. The molecule has 2 rings (SSSR count). The molecule has 1 aromatic rings. The van der Waals surface area contributed by atoms with Gasteiger partial charge in [-0.2, -0.15) is 0 Å². The fraction of sp³-hybridized carbons (Fsp3) is 0.320. The molecule has 1 heterocycles. The predicted octanol–water partition coefficient (Wildman–Crippen LogP) is 5.92. The number of rotatable bonds is 13. The summed E-state index contributed by atoms with van der Waals surface area (Å²) < 4.78 is 10.3. The first-order chi connectivity index (χ1) is 15.2. The molecule has 0 atom stereocenters. The SMILES string of the molecule is C=C/C=C(\C=C/C)N1C=CN(CCCCCOc2ccc(C(C=NCC)=CN)cc2)S1. The van der Waals surface area contributed by atoms with Gasteiger partial charge in [-0.25, -0.2) is 0 Å². The Kier molecular flexibility index (Phi) is 11.2. The molecule has 0 saturated carbocycles. The minimum atomic E-state index is 0.721.